The number of imidazole rings is 1. The van der Waals surface area contributed by atoms with Crippen LogP contribution in [0.5, 0.6) is 0 Å². The van der Waals surface area contributed by atoms with Gasteiger partial charge < -0.3 is 10.1 Å². The number of H-pyrrole nitrogens is 1. The molecule has 2 N–H and O–H groups in total. The molecule has 2 aromatic heterocycles. The Morgan fingerprint density at radius 2 is 2.20 bits per heavy atom. The van der Waals surface area contributed by atoms with E-state index >= 15 is 0 Å². The molecule has 1 aromatic carbocycles. The molecule has 4 rings (SSSR count). The molecule has 1 fully saturated rings. The first kappa shape index (κ1) is 12.1. The highest BCUT2D eigenvalue weighted by Crippen LogP contribution is 2.35. The summed E-state index contributed by atoms with van der Waals surface area (Å²) in [6.45, 7) is 0. The molecule has 1 aliphatic rings. The second-order valence-corrected chi connectivity index (χ2v) is 6.18. The smallest absolute Gasteiger partial charge is 0.326 e. The van der Waals surface area contributed by atoms with E-state index in [9.17, 15) is 9.90 Å². The van der Waals surface area contributed by atoms with Crippen molar-refractivity contribution in [3.63, 3.8) is 0 Å². The first-order valence-electron chi connectivity index (χ1n) is 6.50. The maximum Gasteiger partial charge on any atom is 0.326 e. The van der Waals surface area contributed by atoms with Crippen LogP contribution in [0.2, 0.25) is 0 Å². The van der Waals surface area contributed by atoms with E-state index in [1.54, 1.807) is 10.8 Å². The molecule has 2 heterocycles. The van der Waals surface area contributed by atoms with E-state index in [0.29, 0.717) is 12.8 Å². The lowest BCUT2D eigenvalue weighted by molar-refractivity contribution is 0.0490. The lowest BCUT2D eigenvalue weighted by Crippen LogP contribution is -2.35. The Morgan fingerprint density at radius 3 is 2.95 bits per heavy atom. The number of benzene rings is 1. The van der Waals surface area contributed by atoms with E-state index in [0.717, 1.165) is 26.4 Å². The number of rotatable bonds is 1. The van der Waals surface area contributed by atoms with Gasteiger partial charge >= 0.3 is 5.69 Å². The van der Waals surface area contributed by atoms with E-state index in [1.807, 2.05) is 18.2 Å². The van der Waals surface area contributed by atoms with Crippen LogP contribution in [0.1, 0.15) is 18.9 Å². The van der Waals surface area contributed by atoms with Crippen LogP contribution in [0.4, 0.5) is 0 Å². The summed E-state index contributed by atoms with van der Waals surface area (Å²) in [6, 6.07) is 5.90. The summed E-state index contributed by atoms with van der Waals surface area (Å²) in [6.07, 6.45) is 2.66. The predicted octanol–water partition coefficient (Wildman–Crippen LogP) is 2.34. The van der Waals surface area contributed by atoms with Gasteiger partial charge in [0, 0.05) is 15.9 Å². The van der Waals surface area contributed by atoms with Gasteiger partial charge in [-0.3, -0.25) is 9.55 Å². The number of fused-ring (bicyclic) bond motifs is 3. The van der Waals surface area contributed by atoms with Crippen molar-refractivity contribution >= 4 is 37.9 Å². The van der Waals surface area contributed by atoms with Crippen molar-refractivity contribution in [1.82, 2.24) is 14.5 Å². The highest BCUT2D eigenvalue weighted by molar-refractivity contribution is 9.10. The third-order valence-electron chi connectivity index (χ3n) is 3.96. The fourth-order valence-electron chi connectivity index (χ4n) is 2.90. The molecule has 20 heavy (non-hydrogen) atoms. The molecule has 5 nitrogen and oxygen atoms in total. The molecule has 0 saturated heterocycles. The Bertz CT molecular complexity index is 877. The van der Waals surface area contributed by atoms with E-state index < -0.39 is 0 Å². The van der Waals surface area contributed by atoms with Crippen LogP contribution in [0.15, 0.2) is 33.7 Å². The lowest BCUT2D eigenvalue weighted by atomic mass is 9.89. The van der Waals surface area contributed by atoms with Crippen LogP contribution in [0.3, 0.4) is 0 Å². The number of pyridine rings is 1. The number of hydrogen-bond donors (Lipinski definition) is 2. The maximum atomic E-state index is 12.2. The Morgan fingerprint density at radius 1 is 1.40 bits per heavy atom. The topological polar surface area (TPSA) is 70.9 Å². The van der Waals surface area contributed by atoms with Crippen molar-refractivity contribution < 1.29 is 5.11 Å². The quantitative estimate of drug-likeness (QED) is 0.718. The molecule has 3 aromatic rings. The first-order valence-corrected chi connectivity index (χ1v) is 7.29. The second-order valence-electron chi connectivity index (χ2n) is 5.26. The van der Waals surface area contributed by atoms with Gasteiger partial charge in [-0.1, -0.05) is 15.9 Å². The zero-order valence-corrected chi connectivity index (χ0v) is 12.1. The highest BCUT2D eigenvalue weighted by Gasteiger charge is 2.31. The van der Waals surface area contributed by atoms with Gasteiger partial charge in [0.2, 0.25) is 0 Å². The molecule has 0 spiro atoms. The van der Waals surface area contributed by atoms with Crippen LogP contribution in [-0.2, 0) is 0 Å². The Balaban J connectivity index is 2.09. The SMILES string of the molecule is O=c1[nH]c2cnc3ccc(Br)cc3c2n1[C@H]1C[C@@H](O)C1. The molecule has 0 bridgehead atoms. The Kier molecular flexibility index (Phi) is 2.52. The minimum absolute atomic E-state index is 0.0656. The van der Waals surface area contributed by atoms with Crippen molar-refractivity contribution in [2.75, 3.05) is 0 Å². The second kappa shape index (κ2) is 4.17. The molecule has 1 aliphatic carbocycles. The summed E-state index contributed by atoms with van der Waals surface area (Å²) in [5.74, 6) is 0. The molecule has 102 valence electrons. The van der Waals surface area contributed by atoms with E-state index in [-0.39, 0.29) is 17.8 Å². The molecule has 0 atom stereocenters. The van der Waals surface area contributed by atoms with Gasteiger partial charge in [-0.2, -0.15) is 0 Å². The van der Waals surface area contributed by atoms with Crippen LogP contribution in [-0.4, -0.2) is 25.7 Å². The molecular formula is C14H12BrN3O2. The van der Waals surface area contributed by atoms with Gasteiger partial charge in [0.15, 0.2) is 0 Å². The van der Waals surface area contributed by atoms with Crippen LogP contribution >= 0.6 is 15.9 Å². The predicted molar refractivity (Wildman–Crippen MR) is 79.8 cm³/mol. The molecule has 6 heteroatoms. The van der Waals surface area contributed by atoms with Crippen molar-refractivity contribution in [2.45, 2.75) is 25.0 Å². The van der Waals surface area contributed by atoms with Gasteiger partial charge in [0.05, 0.1) is 28.9 Å². The molecular weight excluding hydrogens is 322 g/mol. The van der Waals surface area contributed by atoms with Crippen LogP contribution < -0.4 is 5.69 Å². The zero-order valence-electron chi connectivity index (χ0n) is 10.5. The van der Waals surface area contributed by atoms with E-state index in [4.69, 9.17) is 0 Å². The zero-order chi connectivity index (χ0) is 13.9. The summed E-state index contributed by atoms with van der Waals surface area (Å²) >= 11 is 3.46. The fraction of sp³-hybridized carbons (Fsp3) is 0.286. The van der Waals surface area contributed by atoms with Crippen LogP contribution in [0.25, 0.3) is 21.9 Å². The van der Waals surface area contributed by atoms with Gasteiger partial charge in [0.1, 0.15) is 0 Å². The fourth-order valence-corrected chi connectivity index (χ4v) is 3.26. The third kappa shape index (κ3) is 1.65. The van der Waals surface area contributed by atoms with Crippen LogP contribution in [0, 0.1) is 0 Å². The third-order valence-corrected chi connectivity index (χ3v) is 4.45. The number of aliphatic hydroxyl groups is 1. The van der Waals surface area contributed by atoms with Gasteiger partial charge in [0.25, 0.3) is 0 Å². The van der Waals surface area contributed by atoms with Gasteiger partial charge in [-0.15, -0.1) is 0 Å². The van der Waals surface area contributed by atoms with Gasteiger partial charge in [-0.05, 0) is 31.0 Å². The Hall–Kier alpha value is -1.66. The number of aromatic nitrogens is 3. The van der Waals surface area contributed by atoms with Crippen molar-refractivity contribution in [1.29, 1.82) is 0 Å². The summed E-state index contributed by atoms with van der Waals surface area (Å²) in [4.78, 5) is 19.4. The highest BCUT2D eigenvalue weighted by atomic mass is 79.9. The largest absolute Gasteiger partial charge is 0.393 e. The van der Waals surface area contributed by atoms with E-state index in [2.05, 4.69) is 25.9 Å². The summed E-state index contributed by atoms with van der Waals surface area (Å²) < 4.78 is 2.71. The molecule has 0 aliphatic heterocycles. The number of nitrogens with one attached hydrogen (secondary N) is 1. The number of halogens is 1. The van der Waals surface area contributed by atoms with Gasteiger partial charge in [-0.25, -0.2) is 4.79 Å². The van der Waals surface area contributed by atoms with E-state index in [1.165, 1.54) is 0 Å². The summed E-state index contributed by atoms with van der Waals surface area (Å²) in [5, 5.41) is 10.4. The summed E-state index contributed by atoms with van der Waals surface area (Å²) in [7, 11) is 0. The van der Waals surface area contributed by atoms with Crippen molar-refractivity contribution in [2.24, 2.45) is 0 Å². The lowest BCUT2D eigenvalue weighted by Gasteiger charge is -2.32. The number of hydrogen-bond acceptors (Lipinski definition) is 3. The molecule has 0 radical (unpaired) electrons. The van der Waals surface area contributed by atoms with Crippen molar-refractivity contribution in [3.05, 3.63) is 39.4 Å². The summed E-state index contributed by atoms with van der Waals surface area (Å²) in [5.41, 5.74) is 2.33. The minimum Gasteiger partial charge on any atom is -0.393 e. The average Bonchev–Trinajstić information content (AvgIpc) is 2.71. The molecule has 0 unspecified atom stereocenters. The minimum atomic E-state index is -0.295. The standard InChI is InChI=1S/C14H12BrN3O2/c15-7-1-2-11-10(3-7)13-12(6-16-11)17-14(20)18(13)8-4-9(19)5-8/h1-3,6,8-9,19H,4-5H2,(H,17,20)/t8-,9+. The average molecular weight is 334 g/mol. The number of nitrogens with zero attached hydrogens (tertiary/aromatic N) is 2. The molecule has 1 saturated carbocycles. The monoisotopic (exact) mass is 333 g/mol. The maximum absolute atomic E-state index is 12.2. The molecule has 0 amide bonds. The normalized spacial score (nSPS) is 22.3. The Labute approximate surface area is 122 Å². The number of aromatic amines is 1. The number of aliphatic hydroxyl groups excluding tert-OH is 1. The first-order chi connectivity index (χ1) is 9.63. The van der Waals surface area contributed by atoms with Crippen molar-refractivity contribution in [3.8, 4) is 0 Å².